The van der Waals surface area contributed by atoms with Gasteiger partial charge in [0.25, 0.3) is 5.91 Å². The maximum absolute atomic E-state index is 13.3. The molecule has 5 nitrogen and oxygen atoms in total. The van der Waals surface area contributed by atoms with Gasteiger partial charge in [-0.15, -0.1) is 0 Å². The third-order valence-electron chi connectivity index (χ3n) is 5.16. The number of thioether (sulfide) groups is 1. The molecule has 34 heavy (non-hydrogen) atoms. The number of amides is 1. The van der Waals surface area contributed by atoms with Crippen LogP contribution < -0.4 is 4.74 Å². The number of hydrogen-bond donors (Lipinski definition) is 1. The summed E-state index contributed by atoms with van der Waals surface area (Å²) in [5.41, 5.74) is 2.27. The molecule has 0 unspecified atom stereocenters. The summed E-state index contributed by atoms with van der Waals surface area (Å²) in [7, 11) is 0. The summed E-state index contributed by atoms with van der Waals surface area (Å²) in [5, 5.41) is 9.77. The van der Waals surface area contributed by atoms with Crippen molar-refractivity contribution in [1.82, 2.24) is 4.90 Å². The molecule has 8 heteroatoms. The van der Waals surface area contributed by atoms with Crippen molar-refractivity contribution in [1.29, 1.82) is 0 Å². The average Bonchev–Trinajstić information content (AvgIpc) is 3.10. The number of nitrogens with zero attached hydrogens (tertiary/aromatic N) is 1. The molecule has 3 aromatic carbocycles. The molecule has 0 aliphatic carbocycles. The Kier molecular flexibility index (Phi) is 7.40. The van der Waals surface area contributed by atoms with Crippen molar-refractivity contribution < 1.29 is 23.8 Å². The highest BCUT2D eigenvalue weighted by Gasteiger charge is 2.40. The number of thiocarbonyl (C=S) groups is 1. The van der Waals surface area contributed by atoms with E-state index in [1.165, 1.54) is 17.0 Å². The van der Waals surface area contributed by atoms with Gasteiger partial charge in [-0.2, -0.15) is 0 Å². The minimum Gasteiger partial charge on any atom is -0.489 e. The van der Waals surface area contributed by atoms with E-state index < -0.39 is 17.9 Å². The zero-order chi connectivity index (χ0) is 24.1. The van der Waals surface area contributed by atoms with Gasteiger partial charge in [0.1, 0.15) is 28.5 Å². The SMILES string of the molecule is O=C(O)[C@H](Cc1ccccc1)N1C(=O)/C(=C/c2ccc(OCc3cccc(F)c3)cc2)SC1=S. The summed E-state index contributed by atoms with van der Waals surface area (Å²) in [5.74, 6) is -1.25. The smallest absolute Gasteiger partial charge is 0.327 e. The highest BCUT2D eigenvalue weighted by atomic mass is 32.2. The lowest BCUT2D eigenvalue weighted by Crippen LogP contribution is -2.45. The van der Waals surface area contributed by atoms with Crippen LogP contribution >= 0.6 is 24.0 Å². The predicted octanol–water partition coefficient (Wildman–Crippen LogP) is 5.30. The van der Waals surface area contributed by atoms with Gasteiger partial charge in [-0.3, -0.25) is 9.69 Å². The van der Waals surface area contributed by atoms with E-state index in [2.05, 4.69) is 0 Å². The summed E-state index contributed by atoms with van der Waals surface area (Å²) in [6, 6.07) is 21.3. The Hall–Kier alpha value is -3.49. The highest BCUT2D eigenvalue weighted by molar-refractivity contribution is 8.26. The van der Waals surface area contributed by atoms with E-state index in [1.54, 1.807) is 42.5 Å². The molecule has 1 saturated heterocycles. The van der Waals surface area contributed by atoms with Gasteiger partial charge >= 0.3 is 5.97 Å². The number of halogens is 1. The largest absolute Gasteiger partial charge is 0.489 e. The van der Waals surface area contributed by atoms with E-state index in [1.807, 2.05) is 30.3 Å². The lowest BCUT2D eigenvalue weighted by molar-refractivity contribution is -0.145. The van der Waals surface area contributed by atoms with Gasteiger partial charge < -0.3 is 9.84 Å². The minimum absolute atomic E-state index is 0.160. The van der Waals surface area contributed by atoms with Crippen LogP contribution in [0.25, 0.3) is 6.08 Å². The Morgan fingerprint density at radius 1 is 1.06 bits per heavy atom. The summed E-state index contributed by atoms with van der Waals surface area (Å²) in [6.07, 6.45) is 1.84. The Morgan fingerprint density at radius 3 is 2.44 bits per heavy atom. The van der Waals surface area contributed by atoms with E-state index in [0.29, 0.717) is 10.7 Å². The van der Waals surface area contributed by atoms with Gasteiger partial charge in [0.2, 0.25) is 0 Å². The lowest BCUT2D eigenvalue weighted by Gasteiger charge is -2.23. The molecule has 1 atom stereocenters. The Labute approximate surface area is 205 Å². The van der Waals surface area contributed by atoms with Crippen molar-refractivity contribution in [2.45, 2.75) is 19.1 Å². The standard InChI is InChI=1S/C26H20FNO4S2/c27-20-8-4-7-19(13-20)16-32-21-11-9-18(10-12-21)15-23-24(29)28(26(33)34-23)22(25(30)31)14-17-5-2-1-3-6-17/h1-13,15,22H,14,16H2,(H,30,31)/b23-15-/t22-/m0/s1. The van der Waals surface area contributed by atoms with Crippen LogP contribution in [0.2, 0.25) is 0 Å². The maximum Gasteiger partial charge on any atom is 0.327 e. The molecule has 1 fully saturated rings. The van der Waals surface area contributed by atoms with Crippen LogP contribution in [0.3, 0.4) is 0 Å². The molecule has 4 rings (SSSR count). The van der Waals surface area contributed by atoms with E-state index in [0.717, 1.165) is 28.5 Å². The first-order valence-corrected chi connectivity index (χ1v) is 11.6. The quantitative estimate of drug-likeness (QED) is 0.339. The van der Waals surface area contributed by atoms with Crippen molar-refractivity contribution in [3.05, 3.63) is 106 Å². The number of rotatable bonds is 8. The van der Waals surface area contributed by atoms with Gasteiger partial charge in [0.15, 0.2) is 0 Å². The van der Waals surface area contributed by atoms with Crippen molar-refractivity contribution in [3.8, 4) is 5.75 Å². The molecule has 0 spiro atoms. The summed E-state index contributed by atoms with van der Waals surface area (Å²) in [6.45, 7) is 0.230. The zero-order valence-electron chi connectivity index (χ0n) is 17.9. The third kappa shape index (κ3) is 5.70. The van der Waals surface area contributed by atoms with E-state index in [4.69, 9.17) is 17.0 Å². The van der Waals surface area contributed by atoms with Crippen LogP contribution in [0.1, 0.15) is 16.7 Å². The van der Waals surface area contributed by atoms with Gasteiger partial charge in [-0.05, 0) is 47.0 Å². The van der Waals surface area contributed by atoms with Crippen molar-refractivity contribution in [2.24, 2.45) is 0 Å². The van der Waals surface area contributed by atoms with Crippen LogP contribution in [-0.4, -0.2) is 32.2 Å². The molecule has 1 amide bonds. The monoisotopic (exact) mass is 493 g/mol. The maximum atomic E-state index is 13.3. The van der Waals surface area contributed by atoms with E-state index in [-0.39, 0.29) is 23.2 Å². The first-order chi connectivity index (χ1) is 16.4. The minimum atomic E-state index is -1.11. The number of ether oxygens (including phenoxy) is 1. The van der Waals surface area contributed by atoms with Gasteiger partial charge in [-0.25, -0.2) is 9.18 Å². The molecule has 172 valence electrons. The van der Waals surface area contributed by atoms with Gasteiger partial charge in [0.05, 0.1) is 4.91 Å². The average molecular weight is 494 g/mol. The van der Waals surface area contributed by atoms with Crippen LogP contribution in [-0.2, 0) is 22.6 Å². The molecule has 1 aliphatic heterocycles. The fourth-order valence-electron chi connectivity index (χ4n) is 3.48. The summed E-state index contributed by atoms with van der Waals surface area (Å²) < 4.78 is 19.2. The number of hydrogen-bond acceptors (Lipinski definition) is 5. The number of carbonyl (C=O) groups excluding carboxylic acids is 1. The topological polar surface area (TPSA) is 66.8 Å². The normalized spacial score (nSPS) is 15.6. The van der Waals surface area contributed by atoms with Gasteiger partial charge in [0, 0.05) is 6.42 Å². The molecule has 1 aliphatic rings. The Bertz CT molecular complexity index is 1250. The van der Waals surface area contributed by atoms with Crippen LogP contribution in [0, 0.1) is 5.82 Å². The molecule has 0 aromatic heterocycles. The Balaban J connectivity index is 1.45. The molecule has 3 aromatic rings. The molecule has 1 heterocycles. The van der Waals surface area contributed by atoms with E-state index >= 15 is 0 Å². The van der Waals surface area contributed by atoms with Crippen molar-refractivity contribution >= 4 is 46.3 Å². The van der Waals surface area contributed by atoms with Crippen molar-refractivity contribution in [2.75, 3.05) is 0 Å². The second-order valence-electron chi connectivity index (χ2n) is 7.58. The molecular weight excluding hydrogens is 473 g/mol. The van der Waals surface area contributed by atoms with Gasteiger partial charge in [-0.1, -0.05) is 78.6 Å². The molecule has 1 N–H and O–H groups in total. The fraction of sp³-hybridized carbons (Fsp3) is 0.115. The first-order valence-electron chi connectivity index (χ1n) is 10.4. The molecular formula is C26H20FNO4S2. The first kappa shape index (κ1) is 23.7. The third-order valence-corrected chi connectivity index (χ3v) is 6.49. The van der Waals surface area contributed by atoms with Crippen LogP contribution in [0.4, 0.5) is 4.39 Å². The fourth-order valence-corrected chi connectivity index (χ4v) is 4.84. The summed E-state index contributed by atoms with van der Waals surface area (Å²) in [4.78, 5) is 26.5. The van der Waals surface area contributed by atoms with Crippen LogP contribution in [0.15, 0.2) is 83.8 Å². The molecule has 0 bridgehead atoms. The van der Waals surface area contributed by atoms with Crippen LogP contribution in [0.5, 0.6) is 5.75 Å². The van der Waals surface area contributed by atoms with E-state index in [9.17, 15) is 19.1 Å². The number of aliphatic carboxylic acids is 1. The number of carboxylic acid groups (broad SMARTS) is 1. The number of benzene rings is 3. The predicted molar refractivity (Wildman–Crippen MR) is 134 cm³/mol. The molecule has 0 saturated carbocycles. The number of carboxylic acids is 1. The lowest BCUT2D eigenvalue weighted by atomic mass is 10.0. The second-order valence-corrected chi connectivity index (χ2v) is 9.26. The number of carbonyl (C=O) groups is 2. The summed E-state index contributed by atoms with van der Waals surface area (Å²) >= 11 is 6.44. The van der Waals surface area contributed by atoms with Crippen molar-refractivity contribution in [3.63, 3.8) is 0 Å². The second kappa shape index (κ2) is 10.6. The zero-order valence-corrected chi connectivity index (χ0v) is 19.5. The highest BCUT2D eigenvalue weighted by Crippen LogP contribution is 2.35. The molecule has 0 radical (unpaired) electrons. The Morgan fingerprint density at radius 2 is 1.76 bits per heavy atom.